The molecule has 1 aromatic carbocycles. The molecule has 2 atom stereocenters. The largest absolute Gasteiger partial charge is 0.368 e. The van der Waals surface area contributed by atoms with Crippen molar-refractivity contribution in [1.29, 1.82) is 0 Å². The van der Waals surface area contributed by atoms with E-state index >= 15 is 0 Å². The van der Waals surface area contributed by atoms with Crippen molar-refractivity contribution >= 4 is 44.7 Å². The van der Waals surface area contributed by atoms with Gasteiger partial charge >= 0.3 is 7.60 Å². The normalized spacial score (nSPS) is 21.1. The number of benzene rings is 1. The van der Waals surface area contributed by atoms with Crippen molar-refractivity contribution in [3.05, 3.63) is 36.2 Å². The van der Waals surface area contributed by atoms with Crippen molar-refractivity contribution < 1.29 is 24.0 Å². The number of hydrogen-bond acceptors (Lipinski definition) is 9. The van der Waals surface area contributed by atoms with Crippen molar-refractivity contribution in [3.8, 4) is 0 Å². The number of imidazole rings is 1. The maximum absolute atomic E-state index is 11.7. The number of nitrogens with one attached hydrogen (secondary N) is 2. The number of rotatable bonds is 8. The van der Waals surface area contributed by atoms with Crippen LogP contribution >= 0.6 is 16.1 Å². The summed E-state index contributed by atoms with van der Waals surface area (Å²) in [6.45, 7) is 2.67. The molecule has 0 aliphatic heterocycles. The zero-order valence-electron chi connectivity index (χ0n) is 18.6. The number of anilines is 3. The summed E-state index contributed by atoms with van der Waals surface area (Å²) in [5, 5.41) is 14.2. The zero-order valence-corrected chi connectivity index (χ0v) is 20.7. The Hall–Kier alpha value is -2.33. The van der Waals surface area contributed by atoms with Crippen LogP contribution in [-0.4, -0.2) is 46.5 Å². The van der Waals surface area contributed by atoms with E-state index in [0.29, 0.717) is 35.2 Å². The third kappa shape index (κ3) is 4.88. The highest BCUT2D eigenvalue weighted by Crippen LogP contribution is 2.61. The molecule has 0 bridgehead atoms. The van der Waals surface area contributed by atoms with Gasteiger partial charge in [0.05, 0.1) is 6.33 Å². The van der Waals surface area contributed by atoms with Gasteiger partial charge in [0, 0.05) is 29.9 Å². The molecule has 0 amide bonds. The number of fused-ring (bicyclic) bond motifs is 1. The Morgan fingerprint density at radius 1 is 1.21 bits per heavy atom. The molecule has 14 heteroatoms. The van der Waals surface area contributed by atoms with Crippen LogP contribution in [0.3, 0.4) is 0 Å². The lowest BCUT2D eigenvalue weighted by Crippen LogP contribution is -2.33. The number of aliphatic hydroxyl groups is 1. The van der Waals surface area contributed by atoms with Crippen molar-refractivity contribution in [2.24, 2.45) is 5.73 Å². The molecule has 12 nitrogen and oxygen atoms in total. The lowest BCUT2D eigenvalue weighted by atomic mass is 9.92. The van der Waals surface area contributed by atoms with Gasteiger partial charge in [-0.05, 0) is 44.7 Å². The van der Waals surface area contributed by atoms with Gasteiger partial charge in [-0.2, -0.15) is 9.97 Å². The average Bonchev–Trinajstić information content (AvgIpc) is 3.23. The number of nitrogens with zero attached hydrogens (tertiary/aromatic N) is 4. The lowest BCUT2D eigenvalue weighted by molar-refractivity contribution is 0.168. The van der Waals surface area contributed by atoms with Gasteiger partial charge < -0.3 is 40.4 Å². The third-order valence-electron chi connectivity index (χ3n) is 6.09. The molecule has 0 spiro atoms. The van der Waals surface area contributed by atoms with Crippen LogP contribution in [0.4, 0.5) is 17.5 Å². The minimum Gasteiger partial charge on any atom is -0.368 e. The van der Waals surface area contributed by atoms with E-state index in [-0.39, 0.29) is 17.6 Å². The number of nitrogens with two attached hydrogens (primary N) is 1. The molecule has 0 radical (unpaired) electrons. The first-order valence-electron chi connectivity index (χ1n) is 11.0. The Morgan fingerprint density at radius 3 is 2.47 bits per heavy atom. The zero-order chi connectivity index (χ0) is 24.5. The minimum absolute atomic E-state index is 0.127. The molecule has 2 unspecified atom stereocenters. The number of aromatic nitrogens is 4. The smallest absolute Gasteiger partial charge is 0.368 e. The van der Waals surface area contributed by atoms with Gasteiger partial charge in [0.25, 0.3) is 0 Å². The molecule has 1 aliphatic carbocycles. The summed E-state index contributed by atoms with van der Waals surface area (Å²) < 4.78 is 25.0. The van der Waals surface area contributed by atoms with Gasteiger partial charge in [0.1, 0.15) is 8.46 Å². The molecule has 0 saturated heterocycles. The van der Waals surface area contributed by atoms with Crippen LogP contribution in [0.1, 0.15) is 38.2 Å². The molecule has 34 heavy (non-hydrogen) atoms. The maximum atomic E-state index is 11.7. The second-order valence-electron chi connectivity index (χ2n) is 8.45. The summed E-state index contributed by atoms with van der Waals surface area (Å²) in [5.41, 5.74) is 7.66. The Bertz CT molecular complexity index is 1220. The molecule has 4 rings (SSSR count). The summed E-state index contributed by atoms with van der Waals surface area (Å²) in [6, 6.07) is 6.13. The third-order valence-corrected chi connectivity index (χ3v) is 9.22. The number of aryl methyl sites for hydroxylation is 1. The van der Waals surface area contributed by atoms with Crippen LogP contribution in [0.25, 0.3) is 11.2 Å². The van der Waals surface area contributed by atoms with E-state index in [4.69, 9.17) is 5.73 Å². The molecule has 7 N–H and O–H groups in total. The highest BCUT2D eigenvalue weighted by molar-refractivity contribution is 7.62. The van der Waals surface area contributed by atoms with Crippen LogP contribution < -0.4 is 16.4 Å². The monoisotopic (exact) mass is 509 g/mol. The van der Waals surface area contributed by atoms with E-state index in [1.54, 1.807) is 6.33 Å². The van der Waals surface area contributed by atoms with Crippen molar-refractivity contribution in [2.45, 2.75) is 56.3 Å². The van der Waals surface area contributed by atoms with Crippen LogP contribution in [0, 0.1) is 0 Å². The van der Waals surface area contributed by atoms with E-state index in [1.807, 2.05) is 11.5 Å². The lowest BCUT2D eigenvalue weighted by Gasteiger charge is -2.27. The van der Waals surface area contributed by atoms with E-state index < -0.39 is 21.1 Å². The molecule has 1 saturated carbocycles. The Kier molecular flexibility index (Phi) is 7.09. The second-order valence-corrected chi connectivity index (χ2v) is 11.8. The summed E-state index contributed by atoms with van der Waals surface area (Å²) >= 11 is 0. The Labute approximate surface area is 197 Å². The average molecular weight is 509 g/mol. The molecule has 3 aromatic rings. The fourth-order valence-electron chi connectivity index (χ4n) is 4.01. The van der Waals surface area contributed by atoms with Crippen LogP contribution in [0.2, 0.25) is 0 Å². The van der Waals surface area contributed by atoms with Gasteiger partial charge in [-0.25, -0.2) is 4.98 Å². The number of hydrogen-bond donors (Lipinski definition) is 6. The van der Waals surface area contributed by atoms with Crippen molar-refractivity contribution in [3.63, 3.8) is 0 Å². The van der Waals surface area contributed by atoms with E-state index in [9.17, 15) is 24.0 Å². The standard InChI is InChI=1S/C20H29N7O5P2/c1-2-27-11-22-16-17(25-19(26-18(16)27)24-15-9-5-13(21)6-10-15)23-14-7-3-12(4-8-14)20(28,33-29)34(30,31)32/h3-4,7-8,11,13,15,28H,2,5-6,9-10,21,33H2,1H3,(H2,30,31,32)(H2,23,24,25,26). The van der Waals surface area contributed by atoms with E-state index in [2.05, 4.69) is 25.6 Å². The maximum Gasteiger partial charge on any atom is 0.368 e. The Balaban J connectivity index is 1.64. The molecular weight excluding hydrogens is 480 g/mol. The van der Waals surface area contributed by atoms with Gasteiger partial charge in [-0.3, -0.25) is 4.57 Å². The van der Waals surface area contributed by atoms with Gasteiger partial charge in [-0.15, -0.1) is 0 Å². The topological polar surface area (TPSA) is 189 Å². The van der Waals surface area contributed by atoms with Crippen LogP contribution in [0.15, 0.2) is 30.6 Å². The first kappa shape index (κ1) is 24.8. The van der Waals surface area contributed by atoms with Gasteiger partial charge in [-0.1, -0.05) is 12.1 Å². The van der Waals surface area contributed by atoms with Crippen molar-refractivity contribution in [2.75, 3.05) is 10.6 Å². The predicted molar refractivity (Wildman–Crippen MR) is 131 cm³/mol. The Morgan fingerprint density at radius 2 is 1.88 bits per heavy atom. The first-order chi connectivity index (χ1) is 16.1. The fourth-order valence-corrected chi connectivity index (χ4v) is 5.38. The molecule has 2 heterocycles. The summed E-state index contributed by atoms with van der Waals surface area (Å²) in [5.74, 6) is 0.924. The summed E-state index contributed by atoms with van der Waals surface area (Å²) in [4.78, 5) is 32.6. The fraction of sp³-hybridized carbons (Fsp3) is 0.450. The van der Waals surface area contributed by atoms with Gasteiger partial charge in [0.2, 0.25) is 11.0 Å². The first-order valence-corrected chi connectivity index (χ1v) is 13.7. The molecule has 2 aromatic heterocycles. The highest BCUT2D eigenvalue weighted by atomic mass is 31.2. The SMILES string of the molecule is CCn1cnc2c(Nc3ccc(C(O)([PH2]=O)P(=O)(O)O)cc3)nc(NC3CCC(N)CC3)nc21. The van der Waals surface area contributed by atoms with Gasteiger partial charge in [0.15, 0.2) is 17.0 Å². The molecular formula is C20H29N7O5P2. The molecule has 1 fully saturated rings. The van der Waals surface area contributed by atoms with E-state index in [0.717, 1.165) is 25.7 Å². The van der Waals surface area contributed by atoms with Crippen molar-refractivity contribution in [1.82, 2.24) is 19.5 Å². The van der Waals surface area contributed by atoms with Crippen LogP contribution in [0.5, 0.6) is 0 Å². The van der Waals surface area contributed by atoms with Crippen LogP contribution in [-0.2, 0) is 20.8 Å². The summed E-state index contributed by atoms with van der Waals surface area (Å²) in [7, 11) is -7.22. The summed E-state index contributed by atoms with van der Waals surface area (Å²) in [6.07, 6.45) is 5.44. The minimum atomic E-state index is -5.04. The predicted octanol–water partition coefficient (Wildman–Crippen LogP) is 2.31. The van der Waals surface area contributed by atoms with E-state index in [1.165, 1.54) is 24.3 Å². The molecule has 184 valence electrons. The quantitative estimate of drug-likeness (QED) is 0.244. The highest BCUT2D eigenvalue weighted by Gasteiger charge is 2.46. The molecule has 1 aliphatic rings. The second kappa shape index (κ2) is 9.73.